The van der Waals surface area contributed by atoms with Gasteiger partial charge < -0.3 is 10.2 Å². The van der Waals surface area contributed by atoms with Crippen LogP contribution in [0.4, 0.5) is 5.69 Å². The Morgan fingerprint density at radius 2 is 1.91 bits per heavy atom. The Kier molecular flexibility index (Phi) is 3.60. The van der Waals surface area contributed by atoms with E-state index in [1.807, 2.05) is 12.1 Å². The van der Waals surface area contributed by atoms with Gasteiger partial charge in [0.25, 0.3) is 0 Å². The second kappa shape index (κ2) is 5.64. The second-order valence-corrected chi connectivity index (χ2v) is 7.19. The molecule has 23 heavy (non-hydrogen) atoms. The van der Waals surface area contributed by atoms with E-state index >= 15 is 0 Å². The average Bonchev–Trinajstić information content (AvgIpc) is 2.54. The van der Waals surface area contributed by atoms with Crippen LogP contribution < -0.4 is 15.5 Å². The zero-order chi connectivity index (χ0) is 15.9. The third kappa shape index (κ3) is 2.74. The number of carbonyl (C=O) groups is 2. The zero-order valence-electron chi connectivity index (χ0n) is 13.3. The number of piperidine rings is 2. The van der Waals surface area contributed by atoms with Gasteiger partial charge in [-0.2, -0.15) is 0 Å². The summed E-state index contributed by atoms with van der Waals surface area (Å²) in [5.41, 5.74) is 2.77. The van der Waals surface area contributed by atoms with Crippen LogP contribution in [0, 0.1) is 5.41 Å². The molecule has 1 aromatic carbocycles. The van der Waals surface area contributed by atoms with E-state index in [1.165, 1.54) is 18.5 Å². The van der Waals surface area contributed by atoms with Crippen molar-refractivity contribution in [3.05, 3.63) is 29.8 Å². The first-order valence-electron chi connectivity index (χ1n) is 8.55. The molecule has 1 aromatic rings. The molecule has 4 rings (SSSR count). The highest BCUT2D eigenvalue weighted by Gasteiger charge is 2.39. The smallest absolute Gasteiger partial charge is 0.234 e. The van der Waals surface area contributed by atoms with E-state index in [1.54, 1.807) is 0 Å². The van der Waals surface area contributed by atoms with E-state index in [-0.39, 0.29) is 17.7 Å². The highest BCUT2D eigenvalue weighted by molar-refractivity contribution is 6.01. The maximum atomic E-state index is 12.1. The molecule has 0 aromatic heterocycles. The highest BCUT2D eigenvalue weighted by Crippen LogP contribution is 2.37. The number of nitrogens with one attached hydrogen (secondary N) is 2. The summed E-state index contributed by atoms with van der Waals surface area (Å²) >= 11 is 0. The summed E-state index contributed by atoms with van der Waals surface area (Å²) in [6.45, 7) is 4.50. The van der Waals surface area contributed by atoms with Crippen LogP contribution in [0.2, 0.25) is 0 Å². The van der Waals surface area contributed by atoms with Gasteiger partial charge in [-0.05, 0) is 42.4 Å². The van der Waals surface area contributed by atoms with E-state index in [2.05, 4.69) is 27.7 Å². The Hall–Kier alpha value is -1.88. The number of anilines is 1. The number of hydrogen-bond donors (Lipinski definition) is 2. The fourth-order valence-corrected chi connectivity index (χ4v) is 4.02. The molecule has 3 aliphatic rings. The van der Waals surface area contributed by atoms with Crippen molar-refractivity contribution in [2.45, 2.75) is 31.6 Å². The van der Waals surface area contributed by atoms with Crippen LogP contribution in [0.5, 0.6) is 0 Å². The van der Waals surface area contributed by atoms with E-state index < -0.39 is 0 Å². The Bertz CT molecular complexity index is 629. The number of rotatable bonds is 2. The highest BCUT2D eigenvalue weighted by atomic mass is 16.2. The lowest BCUT2D eigenvalue weighted by atomic mass is 9.73. The lowest BCUT2D eigenvalue weighted by molar-refractivity contribution is -0.134. The fourth-order valence-electron chi connectivity index (χ4n) is 4.02. The molecule has 1 unspecified atom stereocenters. The maximum Gasteiger partial charge on any atom is 0.234 e. The van der Waals surface area contributed by atoms with Crippen molar-refractivity contribution in [3.63, 3.8) is 0 Å². The van der Waals surface area contributed by atoms with Crippen molar-refractivity contribution < 1.29 is 9.59 Å². The van der Waals surface area contributed by atoms with Gasteiger partial charge in [0.1, 0.15) is 0 Å². The molecule has 2 N–H and O–H groups in total. The van der Waals surface area contributed by atoms with Gasteiger partial charge >= 0.3 is 0 Å². The molecule has 5 heteroatoms. The maximum absolute atomic E-state index is 12.1. The Balaban J connectivity index is 1.48. The van der Waals surface area contributed by atoms with Crippen LogP contribution >= 0.6 is 0 Å². The van der Waals surface area contributed by atoms with Crippen molar-refractivity contribution in [2.75, 3.05) is 31.1 Å². The molecule has 3 fully saturated rings. The Morgan fingerprint density at radius 1 is 1.13 bits per heavy atom. The van der Waals surface area contributed by atoms with E-state index in [0.29, 0.717) is 18.3 Å². The zero-order valence-corrected chi connectivity index (χ0v) is 13.3. The van der Waals surface area contributed by atoms with Crippen LogP contribution in [0.3, 0.4) is 0 Å². The van der Waals surface area contributed by atoms with Crippen LogP contribution in [-0.4, -0.2) is 38.0 Å². The van der Waals surface area contributed by atoms with Crippen molar-refractivity contribution >= 4 is 17.5 Å². The number of amides is 2. The number of imide groups is 1. The van der Waals surface area contributed by atoms with E-state index in [0.717, 1.165) is 31.7 Å². The number of carbonyl (C=O) groups excluding carboxylic acids is 2. The van der Waals surface area contributed by atoms with Gasteiger partial charge in [0, 0.05) is 38.3 Å². The summed E-state index contributed by atoms with van der Waals surface area (Å²) in [7, 11) is 0. The van der Waals surface area contributed by atoms with Crippen molar-refractivity contribution in [3.8, 4) is 0 Å². The molecule has 1 atom stereocenters. The first-order valence-corrected chi connectivity index (χ1v) is 8.55. The molecular formula is C18H23N3O2. The monoisotopic (exact) mass is 313 g/mol. The lowest BCUT2D eigenvalue weighted by Crippen LogP contribution is -2.58. The molecule has 0 saturated carbocycles. The summed E-state index contributed by atoms with van der Waals surface area (Å²) in [4.78, 5) is 25.8. The van der Waals surface area contributed by atoms with Crippen LogP contribution in [0.25, 0.3) is 0 Å². The van der Waals surface area contributed by atoms with Gasteiger partial charge in [0.05, 0.1) is 5.92 Å². The predicted molar refractivity (Wildman–Crippen MR) is 88.3 cm³/mol. The SMILES string of the molecule is O=C1CCC(c2cccc(N3CCC4(CC3)CNC4)c2)C(=O)N1. The predicted octanol–water partition coefficient (Wildman–Crippen LogP) is 1.40. The van der Waals surface area contributed by atoms with Gasteiger partial charge in [-0.3, -0.25) is 14.9 Å². The molecule has 0 aliphatic carbocycles. The molecular weight excluding hydrogens is 290 g/mol. The average molecular weight is 313 g/mol. The minimum atomic E-state index is -0.195. The Labute approximate surface area is 136 Å². The molecule has 3 aliphatic heterocycles. The van der Waals surface area contributed by atoms with E-state index in [9.17, 15) is 9.59 Å². The summed E-state index contributed by atoms with van der Waals surface area (Å²) in [6, 6.07) is 8.30. The van der Waals surface area contributed by atoms with Gasteiger partial charge in [-0.1, -0.05) is 12.1 Å². The molecule has 0 bridgehead atoms. The van der Waals surface area contributed by atoms with E-state index in [4.69, 9.17) is 0 Å². The first kappa shape index (κ1) is 14.7. The summed E-state index contributed by atoms with van der Waals surface area (Å²) in [5.74, 6) is -0.506. The fraction of sp³-hybridized carbons (Fsp3) is 0.556. The van der Waals surface area contributed by atoms with Gasteiger partial charge in [0.2, 0.25) is 11.8 Å². The third-order valence-corrected chi connectivity index (χ3v) is 5.70. The molecule has 1 spiro atoms. The Morgan fingerprint density at radius 3 is 2.57 bits per heavy atom. The van der Waals surface area contributed by atoms with Gasteiger partial charge in [0.15, 0.2) is 0 Å². The standard InChI is InChI=1S/C18H23N3O2/c22-16-5-4-15(17(23)20-16)13-2-1-3-14(10-13)21-8-6-18(7-9-21)11-19-12-18/h1-3,10,15,19H,4-9,11-12H2,(H,20,22,23). The minimum Gasteiger partial charge on any atom is -0.371 e. The molecule has 0 radical (unpaired) electrons. The topological polar surface area (TPSA) is 61.4 Å². The molecule has 5 nitrogen and oxygen atoms in total. The van der Waals surface area contributed by atoms with Gasteiger partial charge in [-0.15, -0.1) is 0 Å². The summed E-state index contributed by atoms with van der Waals surface area (Å²) < 4.78 is 0. The van der Waals surface area contributed by atoms with Gasteiger partial charge in [-0.25, -0.2) is 0 Å². The second-order valence-electron chi connectivity index (χ2n) is 7.19. The molecule has 3 saturated heterocycles. The lowest BCUT2D eigenvalue weighted by Gasteiger charge is -2.49. The van der Waals surface area contributed by atoms with Crippen molar-refractivity contribution in [1.29, 1.82) is 0 Å². The normalized spacial score (nSPS) is 26.8. The largest absolute Gasteiger partial charge is 0.371 e. The quantitative estimate of drug-likeness (QED) is 0.810. The van der Waals surface area contributed by atoms with Crippen molar-refractivity contribution in [2.24, 2.45) is 5.41 Å². The van der Waals surface area contributed by atoms with Crippen molar-refractivity contribution in [1.82, 2.24) is 10.6 Å². The van der Waals surface area contributed by atoms with Crippen LogP contribution in [0.1, 0.15) is 37.2 Å². The summed E-state index contributed by atoms with van der Waals surface area (Å²) in [5, 5.41) is 5.85. The molecule has 122 valence electrons. The first-order chi connectivity index (χ1) is 11.2. The number of benzene rings is 1. The number of hydrogen-bond acceptors (Lipinski definition) is 4. The number of nitrogens with zero attached hydrogens (tertiary/aromatic N) is 1. The molecule has 3 heterocycles. The summed E-state index contributed by atoms with van der Waals surface area (Å²) in [6.07, 6.45) is 3.52. The molecule has 2 amide bonds. The van der Waals surface area contributed by atoms with Crippen LogP contribution in [0.15, 0.2) is 24.3 Å². The third-order valence-electron chi connectivity index (χ3n) is 5.70. The van der Waals surface area contributed by atoms with Crippen LogP contribution in [-0.2, 0) is 9.59 Å². The minimum absolute atomic E-state index is 0.155.